The summed E-state index contributed by atoms with van der Waals surface area (Å²) in [6.45, 7) is 0.643. The van der Waals surface area contributed by atoms with Crippen LogP contribution >= 0.6 is 8.46 Å². The number of fused-ring (bicyclic) bond motifs is 1. The summed E-state index contributed by atoms with van der Waals surface area (Å²) in [7, 11) is 0.0183. The minimum Gasteiger partial charge on any atom is -0.266 e. The Morgan fingerprint density at radius 1 is 1.80 bits per heavy atom. The van der Waals surface area contributed by atoms with Crippen molar-refractivity contribution in [2.24, 2.45) is 4.99 Å². The first kappa shape index (κ1) is 5.74. The van der Waals surface area contributed by atoms with Crippen molar-refractivity contribution in [2.75, 3.05) is 0 Å². The molecule has 10 heavy (non-hydrogen) atoms. The monoisotopic (exact) mass is 154 g/mol. The van der Waals surface area contributed by atoms with Crippen molar-refractivity contribution >= 4 is 19.9 Å². The van der Waals surface area contributed by atoms with E-state index in [4.69, 9.17) is 0 Å². The number of aromatic nitrogens is 2. The van der Waals surface area contributed by atoms with Crippen LogP contribution in [0.5, 0.6) is 0 Å². The second-order valence-electron chi connectivity index (χ2n) is 2.03. The first-order valence-corrected chi connectivity index (χ1v) is 3.69. The standard InChI is InChI=1S/C5H4N3OP/c9-10-4-3-8-2-1-6-5(8)7-4/h1-2H,3H2/p+1. The van der Waals surface area contributed by atoms with Gasteiger partial charge in [-0.25, -0.2) is 9.55 Å². The largest absolute Gasteiger partial charge is 0.397 e. The highest BCUT2D eigenvalue weighted by molar-refractivity contribution is 7.46. The van der Waals surface area contributed by atoms with E-state index < -0.39 is 0 Å². The van der Waals surface area contributed by atoms with Gasteiger partial charge in [0.15, 0.2) is 0 Å². The first-order valence-electron chi connectivity index (χ1n) is 2.88. The molecule has 2 rings (SSSR count). The fraction of sp³-hybridized carbons (Fsp3) is 0.200. The third-order valence-electron chi connectivity index (χ3n) is 1.39. The fourth-order valence-corrected chi connectivity index (χ4v) is 1.28. The van der Waals surface area contributed by atoms with Gasteiger partial charge in [-0.05, 0) is 0 Å². The Morgan fingerprint density at radius 3 is 3.40 bits per heavy atom. The molecule has 1 aliphatic heterocycles. The molecule has 0 fully saturated rings. The first-order chi connectivity index (χ1) is 4.90. The van der Waals surface area contributed by atoms with E-state index in [0.29, 0.717) is 12.0 Å². The smallest absolute Gasteiger partial charge is 0.266 e. The molecule has 0 bridgehead atoms. The summed E-state index contributed by atoms with van der Waals surface area (Å²) < 4.78 is 12.2. The van der Waals surface area contributed by atoms with Gasteiger partial charge in [0, 0.05) is 0 Å². The van der Waals surface area contributed by atoms with Crippen molar-refractivity contribution in [1.29, 1.82) is 0 Å². The highest BCUT2D eigenvalue weighted by Crippen LogP contribution is 2.12. The van der Waals surface area contributed by atoms with Gasteiger partial charge in [-0.2, -0.15) is 0 Å². The molecular formula is C5H5N3OP+. The van der Waals surface area contributed by atoms with E-state index in [1.807, 2.05) is 10.8 Å². The van der Waals surface area contributed by atoms with Gasteiger partial charge in [-0.15, -0.1) is 0 Å². The van der Waals surface area contributed by atoms with E-state index in [-0.39, 0.29) is 8.46 Å². The van der Waals surface area contributed by atoms with Crippen LogP contribution in [-0.4, -0.2) is 10.4 Å². The maximum atomic E-state index is 10.3. The number of rotatable bonds is 1. The number of hydrogen-bond donors (Lipinski definition) is 1. The maximum absolute atomic E-state index is 10.3. The molecule has 0 radical (unpaired) electrons. The van der Waals surface area contributed by atoms with Crippen molar-refractivity contribution in [3.63, 3.8) is 0 Å². The van der Waals surface area contributed by atoms with Crippen LogP contribution in [0.1, 0.15) is 0 Å². The lowest BCUT2D eigenvalue weighted by molar-refractivity contribution is -0.662. The minimum absolute atomic E-state index is 0.0183. The molecule has 1 N–H and O–H groups in total. The lowest BCUT2D eigenvalue weighted by atomic mass is 10.7. The summed E-state index contributed by atoms with van der Waals surface area (Å²) in [6.07, 6.45) is 3.67. The molecule has 0 amide bonds. The second kappa shape index (κ2) is 1.99. The van der Waals surface area contributed by atoms with E-state index in [2.05, 4.69) is 9.98 Å². The minimum atomic E-state index is 0.0183. The Kier molecular flexibility index (Phi) is 1.14. The Bertz CT molecular complexity index is 304. The Morgan fingerprint density at radius 2 is 2.70 bits per heavy atom. The van der Waals surface area contributed by atoms with Gasteiger partial charge in [0.2, 0.25) is 13.9 Å². The molecule has 1 aromatic rings. The Hall–Kier alpha value is -1.02. The molecule has 1 aliphatic rings. The van der Waals surface area contributed by atoms with Gasteiger partial charge < -0.3 is 0 Å². The predicted octanol–water partition coefficient (Wildman–Crippen LogP) is 0.637. The van der Waals surface area contributed by atoms with E-state index in [9.17, 15) is 4.57 Å². The summed E-state index contributed by atoms with van der Waals surface area (Å²) >= 11 is 0. The van der Waals surface area contributed by atoms with Crippen molar-refractivity contribution in [1.82, 2.24) is 4.98 Å². The van der Waals surface area contributed by atoms with Gasteiger partial charge in [0.25, 0.3) is 0 Å². The summed E-state index contributed by atoms with van der Waals surface area (Å²) in [5, 5.41) is 0. The van der Waals surface area contributed by atoms with Crippen molar-refractivity contribution in [3.05, 3.63) is 12.4 Å². The molecule has 0 saturated carbocycles. The lowest BCUT2D eigenvalue weighted by Crippen LogP contribution is -2.29. The third kappa shape index (κ3) is 0.693. The maximum Gasteiger partial charge on any atom is 0.397 e. The molecule has 4 nitrogen and oxygen atoms in total. The number of imidazole rings is 1. The number of nitrogens with zero attached hydrogens (tertiary/aromatic N) is 2. The number of hydrogen-bond acceptors (Lipinski definition) is 2. The number of nitrogens with one attached hydrogen (secondary N) is 1. The third-order valence-corrected chi connectivity index (χ3v) is 1.84. The molecule has 0 aliphatic carbocycles. The summed E-state index contributed by atoms with van der Waals surface area (Å²) in [4.78, 5) is 6.94. The SMILES string of the molecule is O=PC1=Nc2[nH]cc[n+]2C1. The topological polar surface area (TPSA) is 49.1 Å². The molecule has 0 aromatic carbocycles. The van der Waals surface area contributed by atoms with Crippen molar-refractivity contribution in [2.45, 2.75) is 6.54 Å². The highest BCUT2D eigenvalue weighted by atomic mass is 31.1. The van der Waals surface area contributed by atoms with Crippen LogP contribution in [0, 0.1) is 0 Å². The summed E-state index contributed by atoms with van der Waals surface area (Å²) in [6, 6.07) is 0. The van der Waals surface area contributed by atoms with Crippen LogP contribution in [0.3, 0.4) is 0 Å². The lowest BCUT2D eigenvalue weighted by Gasteiger charge is -1.79. The normalized spacial score (nSPS) is 15.4. The molecule has 0 saturated heterocycles. The highest BCUT2D eigenvalue weighted by Gasteiger charge is 2.22. The van der Waals surface area contributed by atoms with Crippen LogP contribution in [0.25, 0.3) is 0 Å². The van der Waals surface area contributed by atoms with Crippen molar-refractivity contribution < 1.29 is 9.13 Å². The van der Waals surface area contributed by atoms with E-state index in [0.717, 1.165) is 5.95 Å². The summed E-state index contributed by atoms with van der Waals surface area (Å²) in [5.74, 6) is 0.776. The number of H-pyrrole nitrogens is 1. The molecule has 1 aromatic heterocycles. The van der Waals surface area contributed by atoms with E-state index >= 15 is 0 Å². The van der Waals surface area contributed by atoms with Crippen LogP contribution < -0.4 is 4.57 Å². The average Bonchev–Trinajstić information content (AvgIpc) is 2.42. The fourth-order valence-electron chi connectivity index (χ4n) is 0.939. The van der Waals surface area contributed by atoms with Gasteiger partial charge in [0.1, 0.15) is 6.54 Å². The van der Waals surface area contributed by atoms with Gasteiger partial charge in [0.05, 0.1) is 12.4 Å². The van der Waals surface area contributed by atoms with Crippen LogP contribution in [0.2, 0.25) is 0 Å². The van der Waals surface area contributed by atoms with Gasteiger partial charge in [-0.3, -0.25) is 4.57 Å². The van der Waals surface area contributed by atoms with Crippen molar-refractivity contribution in [3.8, 4) is 0 Å². The average molecular weight is 154 g/mol. The quantitative estimate of drug-likeness (QED) is 0.468. The van der Waals surface area contributed by atoms with Gasteiger partial charge in [-0.1, -0.05) is 4.99 Å². The molecular weight excluding hydrogens is 149 g/mol. The molecule has 0 unspecified atom stereocenters. The van der Waals surface area contributed by atoms with Gasteiger partial charge >= 0.3 is 5.95 Å². The zero-order chi connectivity index (χ0) is 6.97. The van der Waals surface area contributed by atoms with E-state index in [1.165, 1.54) is 0 Å². The second-order valence-corrected chi connectivity index (χ2v) is 2.73. The number of aliphatic imine (C=N–C) groups is 1. The van der Waals surface area contributed by atoms with Crippen LogP contribution in [-0.2, 0) is 11.1 Å². The predicted molar refractivity (Wildman–Crippen MR) is 35.7 cm³/mol. The molecule has 5 heteroatoms. The Labute approximate surface area is 58.8 Å². The zero-order valence-electron chi connectivity index (χ0n) is 5.11. The molecule has 2 heterocycles. The molecule has 0 spiro atoms. The summed E-state index contributed by atoms with van der Waals surface area (Å²) in [5.41, 5.74) is 0.673. The molecule has 50 valence electrons. The Balaban J connectivity index is 2.45. The van der Waals surface area contributed by atoms with Crippen LogP contribution in [0.15, 0.2) is 17.4 Å². The van der Waals surface area contributed by atoms with E-state index in [1.54, 1.807) is 6.20 Å². The zero-order valence-corrected chi connectivity index (χ0v) is 6.01. The molecule has 0 atom stereocenters. The van der Waals surface area contributed by atoms with Crippen LogP contribution in [0.4, 0.5) is 5.95 Å². The number of aromatic amines is 1.